The molecule has 11 heavy (non-hydrogen) atoms. The molecule has 0 N–H and O–H groups in total. The lowest BCUT2D eigenvalue weighted by Gasteiger charge is -1.88. The van der Waals surface area contributed by atoms with Crippen molar-refractivity contribution in [2.45, 2.75) is 27.2 Å². The van der Waals surface area contributed by atoms with Gasteiger partial charge >= 0.3 is 0 Å². The average Bonchev–Trinajstić information content (AvgIpc) is 2.40. The van der Waals surface area contributed by atoms with Crippen LogP contribution < -0.4 is 0 Å². The Morgan fingerprint density at radius 3 is 2.00 bits per heavy atom. The summed E-state index contributed by atoms with van der Waals surface area (Å²) in [6.45, 7) is 5.82. The first-order valence-electron chi connectivity index (χ1n) is 3.54. The molecule has 0 bridgehead atoms. The van der Waals surface area contributed by atoms with E-state index in [4.69, 9.17) is 0 Å². The summed E-state index contributed by atoms with van der Waals surface area (Å²) < 4.78 is 23.6. The standard InChI is InChI=1S/C6H6F2S.C2H6/c1-4-2-3-5(9-4)6(7)8;1-2/h2-3,6H,1H3;1-2H3. The van der Waals surface area contributed by atoms with Gasteiger partial charge in [-0.2, -0.15) is 0 Å². The summed E-state index contributed by atoms with van der Waals surface area (Å²) in [4.78, 5) is 1.10. The molecule has 0 saturated carbocycles. The molecule has 1 aromatic rings. The molecule has 0 unspecified atom stereocenters. The predicted molar refractivity (Wildman–Crippen MR) is 45.4 cm³/mol. The first kappa shape index (κ1) is 10.6. The van der Waals surface area contributed by atoms with E-state index < -0.39 is 6.43 Å². The molecule has 64 valence electrons. The van der Waals surface area contributed by atoms with Gasteiger partial charge in [0.25, 0.3) is 6.43 Å². The second-order valence-corrected chi connectivity index (χ2v) is 3.07. The maximum atomic E-state index is 11.8. The van der Waals surface area contributed by atoms with Crippen LogP contribution in [-0.4, -0.2) is 0 Å². The third-order valence-electron chi connectivity index (χ3n) is 0.976. The highest BCUT2D eigenvalue weighted by atomic mass is 32.1. The fourth-order valence-electron chi connectivity index (χ4n) is 0.571. The lowest BCUT2D eigenvalue weighted by Crippen LogP contribution is -1.71. The normalized spacial score (nSPS) is 9.27. The molecular weight excluding hydrogens is 166 g/mol. The molecule has 1 heterocycles. The van der Waals surface area contributed by atoms with Gasteiger partial charge in [-0.1, -0.05) is 13.8 Å². The molecule has 0 spiro atoms. The van der Waals surface area contributed by atoms with E-state index in [1.165, 1.54) is 6.07 Å². The van der Waals surface area contributed by atoms with Gasteiger partial charge in [0, 0.05) is 4.88 Å². The predicted octanol–water partition coefficient (Wildman–Crippen LogP) is 4.02. The molecule has 0 nitrogen and oxygen atoms in total. The summed E-state index contributed by atoms with van der Waals surface area (Å²) in [6.07, 6.45) is -2.30. The summed E-state index contributed by atoms with van der Waals surface area (Å²) in [5.74, 6) is 0. The highest BCUT2D eigenvalue weighted by Gasteiger charge is 2.07. The van der Waals surface area contributed by atoms with Crippen LogP contribution in [0.4, 0.5) is 8.78 Å². The van der Waals surface area contributed by atoms with Gasteiger partial charge in [0.2, 0.25) is 0 Å². The summed E-state index contributed by atoms with van der Waals surface area (Å²) in [5, 5.41) is 0. The van der Waals surface area contributed by atoms with Crippen LogP contribution in [-0.2, 0) is 0 Å². The molecule has 0 aliphatic heterocycles. The molecular formula is C8H12F2S. The van der Waals surface area contributed by atoms with E-state index in [0.29, 0.717) is 0 Å². The number of thiophene rings is 1. The molecule has 0 atom stereocenters. The van der Waals surface area contributed by atoms with Crippen molar-refractivity contribution in [3.8, 4) is 0 Å². The zero-order valence-electron chi connectivity index (χ0n) is 6.90. The Labute approximate surface area is 69.9 Å². The molecule has 0 radical (unpaired) electrons. The summed E-state index contributed by atoms with van der Waals surface area (Å²) in [7, 11) is 0. The second-order valence-electron chi connectivity index (χ2n) is 1.75. The molecule has 0 amide bonds. The van der Waals surface area contributed by atoms with Crippen LogP contribution in [0.1, 0.15) is 30.0 Å². The first-order chi connectivity index (χ1) is 5.20. The number of rotatable bonds is 1. The minimum absolute atomic E-state index is 0.160. The fourth-order valence-corrected chi connectivity index (χ4v) is 1.30. The van der Waals surface area contributed by atoms with Crippen LogP contribution in [0.5, 0.6) is 0 Å². The van der Waals surface area contributed by atoms with Gasteiger partial charge in [-0.05, 0) is 19.1 Å². The van der Waals surface area contributed by atoms with Gasteiger partial charge in [-0.15, -0.1) is 11.3 Å². The smallest absolute Gasteiger partial charge is 0.204 e. The van der Waals surface area contributed by atoms with Gasteiger partial charge in [0.05, 0.1) is 4.88 Å². The van der Waals surface area contributed by atoms with Crippen LogP contribution in [0.2, 0.25) is 0 Å². The monoisotopic (exact) mass is 178 g/mol. The third-order valence-corrected chi connectivity index (χ3v) is 1.98. The van der Waals surface area contributed by atoms with Crippen molar-refractivity contribution in [1.82, 2.24) is 0 Å². The van der Waals surface area contributed by atoms with Crippen LogP contribution in [0.25, 0.3) is 0 Å². The zero-order chi connectivity index (χ0) is 8.85. The first-order valence-corrected chi connectivity index (χ1v) is 4.36. The average molecular weight is 178 g/mol. The number of hydrogen-bond acceptors (Lipinski definition) is 1. The molecule has 0 aliphatic rings. The van der Waals surface area contributed by atoms with E-state index in [1.54, 1.807) is 6.07 Å². The van der Waals surface area contributed by atoms with Gasteiger partial charge in [-0.25, -0.2) is 8.78 Å². The molecule has 1 aromatic heterocycles. The van der Waals surface area contributed by atoms with Gasteiger partial charge in [0.1, 0.15) is 0 Å². The van der Waals surface area contributed by atoms with Crippen molar-refractivity contribution in [3.63, 3.8) is 0 Å². The Bertz CT molecular complexity index is 194. The van der Waals surface area contributed by atoms with Gasteiger partial charge in [0.15, 0.2) is 0 Å². The fraction of sp³-hybridized carbons (Fsp3) is 0.500. The van der Waals surface area contributed by atoms with E-state index in [0.717, 1.165) is 16.2 Å². The Hall–Kier alpha value is -0.440. The van der Waals surface area contributed by atoms with Crippen molar-refractivity contribution < 1.29 is 8.78 Å². The van der Waals surface area contributed by atoms with Crippen LogP contribution in [0.3, 0.4) is 0 Å². The minimum atomic E-state index is -2.30. The van der Waals surface area contributed by atoms with E-state index >= 15 is 0 Å². The number of hydrogen-bond donors (Lipinski definition) is 0. The Morgan fingerprint density at radius 2 is 1.82 bits per heavy atom. The lowest BCUT2D eigenvalue weighted by molar-refractivity contribution is 0.155. The van der Waals surface area contributed by atoms with Crippen molar-refractivity contribution in [2.24, 2.45) is 0 Å². The van der Waals surface area contributed by atoms with Crippen molar-refractivity contribution in [2.75, 3.05) is 0 Å². The number of alkyl halides is 2. The lowest BCUT2D eigenvalue weighted by atomic mass is 10.4. The van der Waals surface area contributed by atoms with E-state index in [1.807, 2.05) is 20.8 Å². The van der Waals surface area contributed by atoms with E-state index in [2.05, 4.69) is 0 Å². The maximum absolute atomic E-state index is 11.8. The van der Waals surface area contributed by atoms with E-state index in [9.17, 15) is 8.78 Å². The Morgan fingerprint density at radius 1 is 1.27 bits per heavy atom. The van der Waals surface area contributed by atoms with Gasteiger partial charge in [-0.3, -0.25) is 0 Å². The minimum Gasteiger partial charge on any atom is -0.204 e. The van der Waals surface area contributed by atoms with Crippen molar-refractivity contribution in [1.29, 1.82) is 0 Å². The maximum Gasteiger partial charge on any atom is 0.272 e. The molecule has 3 heteroatoms. The zero-order valence-corrected chi connectivity index (χ0v) is 7.71. The Balaban J connectivity index is 0.000000461. The van der Waals surface area contributed by atoms with Crippen LogP contribution >= 0.6 is 11.3 Å². The molecule has 0 aliphatic carbocycles. The van der Waals surface area contributed by atoms with Crippen molar-refractivity contribution >= 4 is 11.3 Å². The van der Waals surface area contributed by atoms with Gasteiger partial charge < -0.3 is 0 Å². The van der Waals surface area contributed by atoms with Crippen molar-refractivity contribution in [3.05, 3.63) is 21.9 Å². The molecule has 0 fully saturated rings. The molecule has 0 aromatic carbocycles. The highest BCUT2D eigenvalue weighted by Crippen LogP contribution is 2.25. The molecule has 0 saturated heterocycles. The van der Waals surface area contributed by atoms with E-state index in [-0.39, 0.29) is 4.88 Å². The highest BCUT2D eigenvalue weighted by molar-refractivity contribution is 7.11. The SMILES string of the molecule is CC.Cc1ccc(C(F)F)s1. The molecule has 1 rings (SSSR count). The topological polar surface area (TPSA) is 0 Å². The largest absolute Gasteiger partial charge is 0.272 e. The second kappa shape index (κ2) is 5.24. The number of aryl methyl sites for hydroxylation is 1. The quantitative estimate of drug-likeness (QED) is 0.609. The number of halogens is 2. The summed E-state index contributed by atoms with van der Waals surface area (Å²) in [6, 6.07) is 3.16. The van der Waals surface area contributed by atoms with Crippen LogP contribution in [0, 0.1) is 6.92 Å². The summed E-state index contributed by atoms with van der Waals surface area (Å²) in [5.41, 5.74) is 0. The Kier molecular flexibility index (Phi) is 5.03. The van der Waals surface area contributed by atoms with Crippen LogP contribution in [0.15, 0.2) is 12.1 Å². The summed E-state index contributed by atoms with van der Waals surface area (Å²) >= 11 is 1.15. The third kappa shape index (κ3) is 3.46.